The summed E-state index contributed by atoms with van der Waals surface area (Å²) < 4.78 is 44.2. The molecule has 142 valence electrons. The summed E-state index contributed by atoms with van der Waals surface area (Å²) in [5.74, 6) is 0.509. The molecule has 0 aliphatic rings. The quantitative estimate of drug-likeness (QED) is 0.732. The maximum Gasteiger partial charge on any atom is 0.435 e. The minimum atomic E-state index is -4.51. The van der Waals surface area contributed by atoms with Crippen molar-refractivity contribution in [2.45, 2.75) is 32.4 Å². The number of halogens is 3. The Bertz CT molecular complexity index is 950. The maximum absolute atomic E-state index is 12.6. The van der Waals surface area contributed by atoms with Crippen molar-refractivity contribution >= 4 is 11.7 Å². The first-order valence-electron chi connectivity index (χ1n) is 8.06. The summed E-state index contributed by atoms with van der Waals surface area (Å²) in [7, 11) is 0. The van der Waals surface area contributed by atoms with E-state index in [0.29, 0.717) is 17.0 Å². The number of amides is 1. The molecule has 3 rings (SSSR count). The summed E-state index contributed by atoms with van der Waals surface area (Å²) >= 11 is 0. The highest BCUT2D eigenvalue weighted by Crippen LogP contribution is 2.28. The first-order valence-corrected chi connectivity index (χ1v) is 8.06. The van der Waals surface area contributed by atoms with Crippen LogP contribution in [0.15, 0.2) is 47.1 Å². The van der Waals surface area contributed by atoms with Crippen LogP contribution in [0.2, 0.25) is 0 Å². The number of carbonyl (C=O) groups is 1. The molecule has 0 radical (unpaired) electrons. The summed E-state index contributed by atoms with van der Waals surface area (Å²) in [4.78, 5) is 12.3. The number of rotatable bonds is 3. The molecule has 9 heteroatoms. The average Bonchev–Trinajstić information content (AvgIpc) is 3.23. The van der Waals surface area contributed by atoms with Gasteiger partial charge in [-0.15, -0.1) is 0 Å². The van der Waals surface area contributed by atoms with E-state index in [0.717, 1.165) is 10.7 Å². The molecule has 0 aliphatic carbocycles. The molecule has 1 aromatic carbocycles. The van der Waals surface area contributed by atoms with Crippen molar-refractivity contribution in [1.82, 2.24) is 14.9 Å². The number of hydrogen-bond donors (Lipinski definition) is 1. The third kappa shape index (κ3) is 4.18. The lowest BCUT2D eigenvalue weighted by Crippen LogP contribution is -2.12. The molecule has 3 aromatic rings. The lowest BCUT2D eigenvalue weighted by atomic mass is 9.93. The highest BCUT2D eigenvalue weighted by Gasteiger charge is 2.33. The van der Waals surface area contributed by atoms with Gasteiger partial charge in [0.25, 0.3) is 5.91 Å². The Balaban J connectivity index is 1.72. The second-order valence-corrected chi connectivity index (χ2v) is 6.97. The third-order valence-corrected chi connectivity index (χ3v) is 3.76. The van der Waals surface area contributed by atoms with Crippen LogP contribution in [0.1, 0.15) is 42.6 Å². The predicted octanol–water partition coefficient (Wildman–Crippen LogP) is 4.43. The van der Waals surface area contributed by atoms with Gasteiger partial charge in [-0.2, -0.15) is 18.3 Å². The van der Waals surface area contributed by atoms with Gasteiger partial charge in [-0.3, -0.25) is 4.79 Å². The molecular formula is C18H17F3N4O2. The molecule has 0 saturated heterocycles. The third-order valence-electron chi connectivity index (χ3n) is 3.76. The van der Waals surface area contributed by atoms with Gasteiger partial charge >= 0.3 is 6.18 Å². The Morgan fingerprint density at radius 2 is 1.78 bits per heavy atom. The summed E-state index contributed by atoms with van der Waals surface area (Å²) in [6, 6.07) is 8.53. The molecule has 0 atom stereocenters. The van der Waals surface area contributed by atoms with Gasteiger partial charge in [-0.05, 0) is 30.3 Å². The van der Waals surface area contributed by atoms with Crippen LogP contribution < -0.4 is 5.32 Å². The van der Waals surface area contributed by atoms with Crippen molar-refractivity contribution in [3.8, 4) is 5.69 Å². The van der Waals surface area contributed by atoms with Crippen molar-refractivity contribution in [2.75, 3.05) is 5.32 Å². The number of nitrogens with one attached hydrogen (secondary N) is 1. The number of alkyl halides is 3. The Kier molecular flexibility index (Phi) is 4.54. The summed E-state index contributed by atoms with van der Waals surface area (Å²) in [5, 5.41) is 9.92. The zero-order valence-corrected chi connectivity index (χ0v) is 14.8. The standard InChI is InChI=1S/C18H17F3N4O2/c1-17(2,3)14-10-15(24-27-14)22-16(26)11-4-6-12(7-5-11)25-9-8-13(23-25)18(19,20)21/h4-10H,1-3H3,(H,22,24,26). The fraction of sp³-hybridized carbons (Fsp3) is 0.278. The molecule has 2 aromatic heterocycles. The van der Waals surface area contributed by atoms with Crippen molar-refractivity contribution in [2.24, 2.45) is 0 Å². The Hall–Kier alpha value is -3.10. The van der Waals surface area contributed by atoms with Crippen molar-refractivity contribution in [3.05, 3.63) is 59.6 Å². The van der Waals surface area contributed by atoms with Crippen LogP contribution in [-0.4, -0.2) is 20.8 Å². The normalized spacial score (nSPS) is 12.2. The molecule has 0 unspecified atom stereocenters. The van der Waals surface area contributed by atoms with E-state index in [4.69, 9.17) is 4.52 Å². The fourth-order valence-corrected chi connectivity index (χ4v) is 2.26. The van der Waals surface area contributed by atoms with E-state index in [1.165, 1.54) is 30.5 Å². The van der Waals surface area contributed by atoms with E-state index in [-0.39, 0.29) is 11.2 Å². The molecule has 1 amide bonds. The fourth-order valence-electron chi connectivity index (χ4n) is 2.26. The maximum atomic E-state index is 12.6. The van der Waals surface area contributed by atoms with Crippen LogP contribution in [-0.2, 0) is 11.6 Å². The second kappa shape index (κ2) is 6.57. The van der Waals surface area contributed by atoms with Gasteiger partial charge in [-0.1, -0.05) is 25.9 Å². The van der Waals surface area contributed by atoms with Crippen LogP contribution in [0.25, 0.3) is 5.69 Å². The van der Waals surface area contributed by atoms with Crippen LogP contribution in [0.3, 0.4) is 0 Å². The second-order valence-electron chi connectivity index (χ2n) is 6.97. The van der Waals surface area contributed by atoms with E-state index in [2.05, 4.69) is 15.6 Å². The number of anilines is 1. The highest BCUT2D eigenvalue weighted by molar-refractivity contribution is 6.03. The molecule has 0 fully saturated rings. The molecule has 6 nitrogen and oxygen atoms in total. The van der Waals surface area contributed by atoms with Gasteiger partial charge in [0, 0.05) is 23.2 Å². The number of nitrogens with zero attached hydrogens (tertiary/aromatic N) is 3. The first kappa shape index (κ1) is 18.7. The Labute approximate surface area is 153 Å². The first-order chi connectivity index (χ1) is 12.5. The summed E-state index contributed by atoms with van der Waals surface area (Å²) in [5.41, 5.74) is -0.498. The molecule has 0 aliphatic heterocycles. The molecule has 0 saturated carbocycles. The number of carbonyl (C=O) groups excluding carboxylic acids is 1. The largest absolute Gasteiger partial charge is 0.435 e. The molecule has 2 heterocycles. The van der Waals surface area contributed by atoms with E-state index >= 15 is 0 Å². The van der Waals surface area contributed by atoms with Gasteiger partial charge in [0.05, 0.1) is 5.69 Å². The smallest absolute Gasteiger partial charge is 0.359 e. The lowest BCUT2D eigenvalue weighted by molar-refractivity contribution is -0.141. The van der Waals surface area contributed by atoms with Gasteiger partial charge in [-0.25, -0.2) is 4.68 Å². The summed E-state index contributed by atoms with van der Waals surface area (Å²) in [6.07, 6.45) is -3.30. The average molecular weight is 378 g/mol. The van der Waals surface area contributed by atoms with E-state index in [9.17, 15) is 18.0 Å². The number of benzene rings is 1. The molecular weight excluding hydrogens is 361 g/mol. The zero-order chi connectivity index (χ0) is 19.8. The van der Waals surface area contributed by atoms with Crippen LogP contribution in [0.4, 0.5) is 19.0 Å². The monoisotopic (exact) mass is 378 g/mol. The SMILES string of the molecule is CC(C)(C)c1cc(NC(=O)c2ccc(-n3ccc(C(F)(F)F)n3)cc2)no1. The minimum Gasteiger partial charge on any atom is -0.359 e. The van der Waals surface area contributed by atoms with E-state index in [1.807, 2.05) is 20.8 Å². The highest BCUT2D eigenvalue weighted by atomic mass is 19.4. The zero-order valence-electron chi connectivity index (χ0n) is 14.8. The Morgan fingerprint density at radius 3 is 2.30 bits per heavy atom. The van der Waals surface area contributed by atoms with Gasteiger partial charge < -0.3 is 9.84 Å². The van der Waals surface area contributed by atoms with Gasteiger partial charge in [0.15, 0.2) is 11.5 Å². The minimum absolute atomic E-state index is 0.239. The van der Waals surface area contributed by atoms with Crippen LogP contribution >= 0.6 is 0 Å². The van der Waals surface area contributed by atoms with E-state index < -0.39 is 17.8 Å². The van der Waals surface area contributed by atoms with Crippen molar-refractivity contribution < 1.29 is 22.5 Å². The Morgan fingerprint density at radius 1 is 1.11 bits per heavy atom. The summed E-state index contributed by atoms with van der Waals surface area (Å²) in [6.45, 7) is 5.87. The van der Waals surface area contributed by atoms with Gasteiger partial charge in [0.2, 0.25) is 0 Å². The van der Waals surface area contributed by atoms with Gasteiger partial charge in [0.1, 0.15) is 5.76 Å². The lowest BCUT2D eigenvalue weighted by Gasteiger charge is -2.12. The molecule has 27 heavy (non-hydrogen) atoms. The van der Waals surface area contributed by atoms with Crippen LogP contribution in [0.5, 0.6) is 0 Å². The molecule has 0 spiro atoms. The van der Waals surface area contributed by atoms with Crippen LogP contribution in [0, 0.1) is 0 Å². The molecule has 0 bridgehead atoms. The molecule has 1 N–H and O–H groups in total. The van der Waals surface area contributed by atoms with Crippen molar-refractivity contribution in [3.63, 3.8) is 0 Å². The topological polar surface area (TPSA) is 73.0 Å². The predicted molar refractivity (Wildman–Crippen MR) is 91.7 cm³/mol. The van der Waals surface area contributed by atoms with E-state index in [1.54, 1.807) is 6.07 Å². The number of hydrogen-bond acceptors (Lipinski definition) is 4. The van der Waals surface area contributed by atoms with Crippen molar-refractivity contribution in [1.29, 1.82) is 0 Å². The number of aromatic nitrogens is 3.